The lowest BCUT2D eigenvalue weighted by Crippen LogP contribution is -2.48. The Morgan fingerprint density at radius 1 is 0.750 bits per heavy atom. The molecule has 1 heterocycles. The molecular weight excluding hydrogens is 300 g/mol. The van der Waals surface area contributed by atoms with Crippen LogP contribution in [-0.4, -0.2) is 61.6 Å². The number of carbonyl (C=O) groups is 1. The van der Waals surface area contributed by atoms with Crippen LogP contribution in [0.2, 0.25) is 0 Å². The van der Waals surface area contributed by atoms with Gasteiger partial charge in [-0.15, -0.1) is 0 Å². The van der Waals surface area contributed by atoms with Crippen molar-refractivity contribution in [1.82, 2.24) is 9.80 Å². The van der Waals surface area contributed by atoms with Crippen LogP contribution in [0, 0.1) is 0 Å². The summed E-state index contributed by atoms with van der Waals surface area (Å²) in [5.74, 6) is -0.0827. The Labute approximate surface area is 149 Å². The van der Waals surface area contributed by atoms with Gasteiger partial charge in [0.25, 0.3) is 0 Å². The first-order chi connectivity index (χ1) is 11.8. The molecule has 0 saturated carbocycles. The van der Waals surface area contributed by atoms with E-state index in [1.807, 2.05) is 6.92 Å². The summed E-state index contributed by atoms with van der Waals surface area (Å²) in [6.07, 6.45) is 14.0. The third-order valence-electron chi connectivity index (χ3n) is 4.95. The van der Waals surface area contributed by atoms with E-state index in [1.54, 1.807) is 0 Å². The van der Waals surface area contributed by atoms with E-state index in [-0.39, 0.29) is 5.97 Å². The van der Waals surface area contributed by atoms with Crippen LogP contribution < -0.4 is 0 Å². The lowest BCUT2D eigenvalue weighted by Gasteiger charge is -2.34. The molecule has 0 unspecified atom stereocenters. The fourth-order valence-corrected chi connectivity index (χ4v) is 3.38. The smallest absolute Gasteiger partial charge is 0.320 e. The number of hydrogen-bond donors (Lipinski definition) is 0. The van der Waals surface area contributed by atoms with Crippen LogP contribution in [0.5, 0.6) is 0 Å². The lowest BCUT2D eigenvalue weighted by molar-refractivity contribution is -0.144. The number of rotatable bonds is 14. The average Bonchev–Trinajstić information content (AvgIpc) is 2.58. The highest BCUT2D eigenvalue weighted by Gasteiger charge is 2.18. The summed E-state index contributed by atoms with van der Waals surface area (Å²) in [5.41, 5.74) is 0. The molecule has 0 aromatic rings. The minimum Gasteiger partial charge on any atom is -0.465 e. The van der Waals surface area contributed by atoms with Crippen LogP contribution >= 0.6 is 0 Å². The van der Waals surface area contributed by atoms with Crippen molar-refractivity contribution in [2.45, 2.75) is 78.1 Å². The third-order valence-corrected chi connectivity index (χ3v) is 4.95. The van der Waals surface area contributed by atoms with Gasteiger partial charge in [0.1, 0.15) is 0 Å². The predicted molar refractivity (Wildman–Crippen MR) is 101 cm³/mol. The molecule has 0 spiro atoms. The van der Waals surface area contributed by atoms with Gasteiger partial charge in [-0.1, -0.05) is 64.7 Å². The van der Waals surface area contributed by atoms with E-state index in [1.165, 1.54) is 70.8 Å². The van der Waals surface area contributed by atoms with Crippen LogP contribution in [0.3, 0.4) is 0 Å². The Kier molecular flexibility index (Phi) is 13.1. The summed E-state index contributed by atoms with van der Waals surface area (Å²) >= 11 is 0. The maximum Gasteiger partial charge on any atom is 0.320 e. The molecule has 0 bridgehead atoms. The molecule has 4 heteroatoms. The van der Waals surface area contributed by atoms with E-state index >= 15 is 0 Å². The van der Waals surface area contributed by atoms with Crippen LogP contribution in [0.25, 0.3) is 0 Å². The van der Waals surface area contributed by atoms with Gasteiger partial charge < -0.3 is 9.64 Å². The zero-order chi connectivity index (χ0) is 17.5. The van der Waals surface area contributed by atoms with Gasteiger partial charge in [0.15, 0.2) is 0 Å². The minimum atomic E-state index is -0.0827. The van der Waals surface area contributed by atoms with Crippen molar-refractivity contribution in [2.24, 2.45) is 0 Å². The number of piperazine rings is 1. The van der Waals surface area contributed by atoms with Crippen molar-refractivity contribution in [3.63, 3.8) is 0 Å². The van der Waals surface area contributed by atoms with Crippen molar-refractivity contribution in [3.8, 4) is 0 Å². The van der Waals surface area contributed by atoms with Gasteiger partial charge in [0, 0.05) is 26.2 Å². The molecule has 24 heavy (non-hydrogen) atoms. The summed E-state index contributed by atoms with van der Waals surface area (Å²) in [4.78, 5) is 16.2. The predicted octanol–water partition coefficient (Wildman–Crippen LogP) is 4.09. The van der Waals surface area contributed by atoms with E-state index in [2.05, 4.69) is 16.7 Å². The number of hydrogen-bond acceptors (Lipinski definition) is 4. The minimum absolute atomic E-state index is 0.0827. The molecule has 1 aliphatic rings. The lowest BCUT2D eigenvalue weighted by atomic mass is 10.1. The van der Waals surface area contributed by atoms with Gasteiger partial charge in [-0.05, 0) is 19.9 Å². The van der Waals surface area contributed by atoms with Gasteiger partial charge in [0.2, 0.25) is 0 Å². The van der Waals surface area contributed by atoms with E-state index < -0.39 is 0 Å². The first-order valence-corrected chi connectivity index (χ1v) is 10.4. The first-order valence-electron chi connectivity index (χ1n) is 10.4. The topological polar surface area (TPSA) is 32.8 Å². The standard InChI is InChI=1S/C20H40N2O2/c1-3-5-6-7-8-9-10-11-12-13-14-21-15-17-22(18-16-21)19-20(23)24-4-2/h3-19H2,1-2H3. The molecule has 1 aliphatic heterocycles. The number of esters is 1. The molecule has 0 radical (unpaired) electrons. The second kappa shape index (κ2) is 14.7. The average molecular weight is 341 g/mol. The van der Waals surface area contributed by atoms with Crippen molar-refractivity contribution in [3.05, 3.63) is 0 Å². The van der Waals surface area contributed by atoms with Crippen molar-refractivity contribution < 1.29 is 9.53 Å². The molecule has 1 rings (SSSR count). The van der Waals surface area contributed by atoms with Crippen LogP contribution in [0.1, 0.15) is 78.1 Å². The molecule has 0 N–H and O–H groups in total. The van der Waals surface area contributed by atoms with Gasteiger partial charge in [-0.3, -0.25) is 9.69 Å². The summed E-state index contributed by atoms with van der Waals surface area (Å²) < 4.78 is 5.02. The molecule has 4 nitrogen and oxygen atoms in total. The zero-order valence-electron chi connectivity index (χ0n) is 16.2. The third kappa shape index (κ3) is 11.0. The second-order valence-electron chi connectivity index (χ2n) is 7.10. The summed E-state index contributed by atoms with van der Waals surface area (Å²) in [6, 6.07) is 0. The maximum absolute atomic E-state index is 11.5. The Morgan fingerprint density at radius 3 is 1.79 bits per heavy atom. The first kappa shape index (κ1) is 21.4. The monoisotopic (exact) mass is 340 g/mol. The number of ether oxygens (including phenoxy) is 1. The van der Waals surface area contributed by atoms with Crippen LogP contribution in [0.15, 0.2) is 0 Å². The van der Waals surface area contributed by atoms with Crippen LogP contribution in [0.4, 0.5) is 0 Å². The number of carbonyl (C=O) groups excluding carboxylic acids is 1. The van der Waals surface area contributed by atoms with E-state index in [9.17, 15) is 4.79 Å². The molecule has 0 aromatic heterocycles. The number of unbranched alkanes of at least 4 members (excludes halogenated alkanes) is 9. The summed E-state index contributed by atoms with van der Waals surface area (Å²) in [6.45, 7) is 10.5. The van der Waals surface area contributed by atoms with Crippen molar-refractivity contribution in [2.75, 3.05) is 45.9 Å². The molecular formula is C20H40N2O2. The zero-order valence-corrected chi connectivity index (χ0v) is 16.2. The molecule has 0 amide bonds. The molecule has 1 saturated heterocycles. The highest BCUT2D eigenvalue weighted by atomic mass is 16.5. The SMILES string of the molecule is CCCCCCCCCCCCN1CCN(CC(=O)OCC)CC1. The van der Waals surface area contributed by atoms with Crippen molar-refractivity contribution in [1.29, 1.82) is 0 Å². The van der Waals surface area contributed by atoms with Gasteiger partial charge >= 0.3 is 5.97 Å². The summed E-state index contributed by atoms with van der Waals surface area (Å²) in [5, 5.41) is 0. The Morgan fingerprint density at radius 2 is 1.25 bits per heavy atom. The van der Waals surface area contributed by atoms with E-state index in [4.69, 9.17) is 4.74 Å². The van der Waals surface area contributed by atoms with Crippen LogP contribution in [-0.2, 0) is 9.53 Å². The molecule has 142 valence electrons. The maximum atomic E-state index is 11.5. The Hall–Kier alpha value is -0.610. The Bertz CT molecular complexity index is 302. The number of nitrogens with zero attached hydrogens (tertiary/aromatic N) is 2. The molecule has 1 fully saturated rings. The van der Waals surface area contributed by atoms with Gasteiger partial charge in [0.05, 0.1) is 13.2 Å². The molecule has 0 aromatic carbocycles. The Balaban J connectivity index is 1.88. The second-order valence-corrected chi connectivity index (χ2v) is 7.10. The van der Waals surface area contributed by atoms with Gasteiger partial charge in [-0.2, -0.15) is 0 Å². The normalized spacial score (nSPS) is 16.4. The fraction of sp³-hybridized carbons (Fsp3) is 0.950. The quantitative estimate of drug-likeness (QED) is 0.352. The largest absolute Gasteiger partial charge is 0.465 e. The van der Waals surface area contributed by atoms with Gasteiger partial charge in [-0.25, -0.2) is 0 Å². The summed E-state index contributed by atoms with van der Waals surface area (Å²) in [7, 11) is 0. The highest BCUT2D eigenvalue weighted by molar-refractivity contribution is 5.71. The van der Waals surface area contributed by atoms with E-state index in [0.29, 0.717) is 13.2 Å². The highest BCUT2D eigenvalue weighted by Crippen LogP contribution is 2.11. The molecule has 0 aliphatic carbocycles. The molecule has 0 atom stereocenters. The van der Waals surface area contributed by atoms with Crippen molar-refractivity contribution >= 4 is 5.97 Å². The van der Waals surface area contributed by atoms with E-state index in [0.717, 1.165) is 26.2 Å². The fourth-order valence-electron chi connectivity index (χ4n) is 3.38.